The van der Waals surface area contributed by atoms with Crippen LogP contribution in [0.15, 0.2) is 29.2 Å². The molecule has 0 bridgehead atoms. The van der Waals surface area contributed by atoms with Gasteiger partial charge in [-0.25, -0.2) is 4.39 Å². The normalized spacial score (nSPS) is 13.7. The summed E-state index contributed by atoms with van der Waals surface area (Å²) in [5.74, 6) is 0. The van der Waals surface area contributed by atoms with Crippen LogP contribution in [0.2, 0.25) is 0 Å². The van der Waals surface area contributed by atoms with Crippen LogP contribution < -0.4 is 0 Å². The monoisotopic (exact) mass is 245 g/mol. The predicted molar refractivity (Wildman–Crippen MR) is 59.5 cm³/mol. The molecule has 1 atom stereocenters. The Balaban J connectivity index is 2.74. The first kappa shape index (κ1) is 13.1. The van der Waals surface area contributed by atoms with Crippen molar-refractivity contribution in [1.29, 1.82) is 0 Å². The lowest BCUT2D eigenvalue weighted by Crippen LogP contribution is -2.14. The third-order valence-electron chi connectivity index (χ3n) is 2.16. The van der Waals surface area contributed by atoms with Crippen LogP contribution >= 0.6 is 0 Å². The quantitative estimate of drug-likeness (QED) is 0.748. The first-order valence-electron chi connectivity index (χ1n) is 5.06. The van der Waals surface area contributed by atoms with E-state index in [1.54, 1.807) is 19.1 Å². The van der Waals surface area contributed by atoms with Crippen molar-refractivity contribution >= 4 is 10.1 Å². The topological polar surface area (TPSA) is 43.4 Å². The molecule has 5 heteroatoms. The highest BCUT2D eigenvalue weighted by Gasteiger charge is 2.17. The average molecular weight is 245 g/mol. The molecule has 0 aliphatic carbocycles. The third-order valence-corrected chi connectivity index (χ3v) is 3.45. The van der Waals surface area contributed by atoms with Crippen molar-refractivity contribution in [1.82, 2.24) is 0 Å². The largest absolute Gasteiger partial charge is 0.297 e. The first-order chi connectivity index (χ1) is 7.45. The molecule has 0 saturated heterocycles. The Morgan fingerprint density at radius 1 is 1.31 bits per heavy atom. The standard InChI is InChI=1S/C11H15FO3S/c1-3-10(12)8-15-16(13,14)11-6-4-9(2)5-7-11/h4-7,10H,3,8H2,1-2H3/i12-1. The predicted octanol–water partition coefficient (Wildman–Crippen LogP) is 2.45. The maximum Gasteiger partial charge on any atom is 0.297 e. The Morgan fingerprint density at radius 3 is 2.38 bits per heavy atom. The van der Waals surface area contributed by atoms with Crippen LogP contribution in [-0.4, -0.2) is 21.2 Å². The van der Waals surface area contributed by atoms with E-state index in [0.717, 1.165) is 5.56 Å². The molecule has 0 fully saturated rings. The summed E-state index contributed by atoms with van der Waals surface area (Å²) in [6, 6.07) is 6.24. The highest BCUT2D eigenvalue weighted by Crippen LogP contribution is 2.14. The second-order valence-corrected chi connectivity index (χ2v) is 5.17. The van der Waals surface area contributed by atoms with Gasteiger partial charge in [0, 0.05) is 0 Å². The lowest BCUT2D eigenvalue weighted by Gasteiger charge is -2.07. The first-order valence-corrected chi connectivity index (χ1v) is 6.46. The molecule has 0 radical (unpaired) electrons. The number of benzene rings is 1. The summed E-state index contributed by atoms with van der Waals surface area (Å²) in [4.78, 5) is 0.0569. The fourth-order valence-electron chi connectivity index (χ4n) is 1.05. The molecule has 1 unspecified atom stereocenters. The van der Waals surface area contributed by atoms with E-state index in [1.807, 2.05) is 6.92 Å². The van der Waals surface area contributed by atoms with Crippen LogP contribution in [0.1, 0.15) is 18.9 Å². The second-order valence-electron chi connectivity index (χ2n) is 3.56. The molecule has 0 saturated carbocycles. The Bertz CT molecular complexity index is 425. The van der Waals surface area contributed by atoms with Crippen molar-refractivity contribution in [3.8, 4) is 0 Å². The van der Waals surface area contributed by atoms with Gasteiger partial charge in [-0.2, -0.15) is 8.42 Å². The minimum atomic E-state index is -3.82. The van der Waals surface area contributed by atoms with Gasteiger partial charge in [0.25, 0.3) is 10.1 Å². The summed E-state index contributed by atoms with van der Waals surface area (Å²) in [6.45, 7) is 3.06. The molecule has 1 aromatic rings. The van der Waals surface area contributed by atoms with E-state index in [2.05, 4.69) is 4.18 Å². The molecule has 0 aliphatic heterocycles. The molecule has 0 heterocycles. The minimum absolute atomic E-state index is 0.0569. The van der Waals surface area contributed by atoms with Crippen LogP contribution in [-0.2, 0) is 14.3 Å². The number of alkyl halides is 1. The van der Waals surface area contributed by atoms with Gasteiger partial charge in [0.15, 0.2) is 0 Å². The molecule has 0 amide bonds. The Hall–Kier alpha value is -0.940. The molecule has 0 N–H and O–H groups in total. The Morgan fingerprint density at radius 2 is 1.88 bits per heavy atom. The smallest absolute Gasteiger partial charge is 0.263 e. The van der Waals surface area contributed by atoms with Gasteiger partial charge < -0.3 is 0 Å². The van der Waals surface area contributed by atoms with Gasteiger partial charge in [0.1, 0.15) is 6.17 Å². The molecule has 0 spiro atoms. The van der Waals surface area contributed by atoms with Crippen LogP contribution in [0, 0.1) is 6.92 Å². The van der Waals surface area contributed by atoms with Gasteiger partial charge in [-0.05, 0) is 25.5 Å². The fourth-order valence-corrected chi connectivity index (χ4v) is 1.99. The maximum absolute atomic E-state index is 12.9. The summed E-state index contributed by atoms with van der Waals surface area (Å²) in [6.07, 6.45) is -1.01. The van der Waals surface area contributed by atoms with E-state index in [-0.39, 0.29) is 11.3 Å². The van der Waals surface area contributed by atoms with E-state index in [9.17, 15) is 12.8 Å². The number of hydrogen-bond acceptors (Lipinski definition) is 3. The van der Waals surface area contributed by atoms with E-state index in [0.29, 0.717) is 0 Å². The van der Waals surface area contributed by atoms with Gasteiger partial charge in [0.05, 0.1) is 11.5 Å². The number of rotatable bonds is 5. The van der Waals surface area contributed by atoms with Gasteiger partial charge in [-0.15, -0.1) is 0 Å². The van der Waals surface area contributed by atoms with Crippen LogP contribution in [0.5, 0.6) is 0 Å². The highest BCUT2D eigenvalue weighted by atomic mass is 32.2. The number of aryl methyl sites for hydroxylation is 1. The van der Waals surface area contributed by atoms with Crippen LogP contribution in [0.25, 0.3) is 0 Å². The summed E-state index contributed by atoms with van der Waals surface area (Å²) in [5, 5.41) is 0. The van der Waals surface area contributed by atoms with Gasteiger partial charge >= 0.3 is 0 Å². The van der Waals surface area contributed by atoms with E-state index in [4.69, 9.17) is 0 Å². The van der Waals surface area contributed by atoms with Crippen molar-refractivity contribution in [2.75, 3.05) is 6.61 Å². The zero-order valence-corrected chi connectivity index (χ0v) is 10.1. The number of hydrogen-bond donors (Lipinski definition) is 0. The van der Waals surface area contributed by atoms with Gasteiger partial charge in [-0.1, -0.05) is 24.6 Å². The molecule has 1 rings (SSSR count). The average Bonchev–Trinajstić information content (AvgIpc) is 2.26. The van der Waals surface area contributed by atoms with Crippen molar-refractivity contribution in [3.63, 3.8) is 0 Å². The fraction of sp³-hybridized carbons (Fsp3) is 0.455. The summed E-state index contributed by atoms with van der Waals surface area (Å²) < 4.78 is 40.6. The van der Waals surface area contributed by atoms with Crippen LogP contribution in [0.3, 0.4) is 0 Å². The summed E-state index contributed by atoms with van der Waals surface area (Å²) in [7, 11) is -3.82. The lowest BCUT2D eigenvalue weighted by atomic mass is 10.2. The van der Waals surface area contributed by atoms with Gasteiger partial charge in [0.2, 0.25) is 0 Å². The lowest BCUT2D eigenvalue weighted by molar-refractivity contribution is 0.196. The summed E-state index contributed by atoms with van der Waals surface area (Å²) in [5.41, 5.74) is 0.955. The third kappa shape index (κ3) is 3.57. The molecule has 90 valence electrons. The summed E-state index contributed by atoms with van der Waals surface area (Å²) >= 11 is 0. The second kappa shape index (κ2) is 5.41. The van der Waals surface area contributed by atoms with Crippen molar-refractivity contribution in [3.05, 3.63) is 29.8 Å². The molecular formula is C11H15FO3S. The SMILES string of the molecule is CCC([18F])COS(=O)(=O)c1ccc(C)cc1. The molecule has 16 heavy (non-hydrogen) atoms. The Labute approximate surface area is 95.4 Å². The van der Waals surface area contributed by atoms with Gasteiger partial charge in [-0.3, -0.25) is 4.18 Å². The molecular weight excluding hydrogens is 230 g/mol. The van der Waals surface area contributed by atoms with Crippen molar-refractivity contribution in [2.45, 2.75) is 31.3 Å². The number of halogens is 1. The van der Waals surface area contributed by atoms with E-state index in [1.165, 1.54) is 12.1 Å². The van der Waals surface area contributed by atoms with Crippen molar-refractivity contribution < 1.29 is 17.0 Å². The molecule has 0 aromatic heterocycles. The van der Waals surface area contributed by atoms with Crippen molar-refractivity contribution in [2.24, 2.45) is 0 Å². The van der Waals surface area contributed by atoms with E-state index >= 15 is 0 Å². The van der Waals surface area contributed by atoms with Crippen LogP contribution in [0.4, 0.5) is 4.39 Å². The molecule has 1 aromatic carbocycles. The molecule has 3 nitrogen and oxygen atoms in total. The van der Waals surface area contributed by atoms with E-state index < -0.39 is 22.9 Å². The Kier molecular flexibility index (Phi) is 4.44. The minimum Gasteiger partial charge on any atom is -0.263 e. The highest BCUT2D eigenvalue weighted by molar-refractivity contribution is 7.86. The zero-order chi connectivity index (χ0) is 12.2. The molecule has 0 aliphatic rings. The maximum atomic E-state index is 12.9. The zero-order valence-electron chi connectivity index (χ0n) is 9.31.